The van der Waals surface area contributed by atoms with Gasteiger partial charge in [-0.15, -0.1) is 0 Å². The molecule has 4 atom stereocenters. The van der Waals surface area contributed by atoms with E-state index >= 15 is 0 Å². The third kappa shape index (κ3) is 12.2. The average Bonchev–Trinajstić information content (AvgIpc) is 2.98. The van der Waals surface area contributed by atoms with Gasteiger partial charge in [-0.3, -0.25) is 14.4 Å². The van der Waals surface area contributed by atoms with E-state index in [1.807, 2.05) is 32.0 Å². The molecule has 8 nitrogen and oxygen atoms in total. The second-order valence-electron chi connectivity index (χ2n) is 13.9. The zero-order valence-corrected chi connectivity index (χ0v) is 28.0. The standard InChI is InChI=1S/C36H58N2O6/c1-6-7-8-9-10-11-12-16-22-30(27-18-14-13-15-19-27)33(40)38-28-20-17-21-29(25-28)43-31(39)23-24-37-34(41)32-35(2,3)26-42-36(4,5)44-32/h13-15,18-19,28-30,32H,6-12,16-17,20-26H2,1-5H3,(H,37,41)(H,38,40). The van der Waals surface area contributed by atoms with Crippen LogP contribution in [0.4, 0.5) is 0 Å². The van der Waals surface area contributed by atoms with Crippen molar-refractivity contribution in [3.8, 4) is 0 Å². The molecule has 3 rings (SSSR count). The lowest BCUT2D eigenvalue weighted by atomic mass is 9.85. The Morgan fingerprint density at radius 3 is 2.34 bits per heavy atom. The normalized spacial score (nSPS) is 23.3. The van der Waals surface area contributed by atoms with Crippen LogP contribution in [0.1, 0.15) is 136 Å². The van der Waals surface area contributed by atoms with Gasteiger partial charge < -0.3 is 24.8 Å². The van der Waals surface area contributed by atoms with Crippen molar-refractivity contribution in [2.45, 2.75) is 154 Å². The predicted octanol–water partition coefficient (Wildman–Crippen LogP) is 6.96. The Labute approximate surface area is 265 Å². The van der Waals surface area contributed by atoms with Gasteiger partial charge in [0, 0.05) is 24.4 Å². The van der Waals surface area contributed by atoms with Crippen molar-refractivity contribution in [2.75, 3.05) is 13.2 Å². The molecule has 1 saturated carbocycles. The quantitative estimate of drug-likeness (QED) is 0.145. The van der Waals surface area contributed by atoms with Crippen LogP contribution in [0.2, 0.25) is 0 Å². The van der Waals surface area contributed by atoms with Gasteiger partial charge in [0.05, 0.1) is 18.9 Å². The van der Waals surface area contributed by atoms with E-state index < -0.39 is 17.3 Å². The highest BCUT2D eigenvalue weighted by Gasteiger charge is 2.45. The molecular formula is C36H58N2O6. The molecule has 1 aliphatic carbocycles. The van der Waals surface area contributed by atoms with Gasteiger partial charge >= 0.3 is 5.97 Å². The molecule has 1 aromatic rings. The van der Waals surface area contributed by atoms with Crippen LogP contribution in [0.25, 0.3) is 0 Å². The largest absolute Gasteiger partial charge is 0.462 e. The molecule has 2 N–H and O–H groups in total. The van der Waals surface area contributed by atoms with Crippen LogP contribution < -0.4 is 10.6 Å². The Bertz CT molecular complexity index is 1030. The molecule has 0 radical (unpaired) electrons. The lowest BCUT2D eigenvalue weighted by molar-refractivity contribution is -0.304. The minimum atomic E-state index is -0.835. The smallest absolute Gasteiger partial charge is 0.307 e. The van der Waals surface area contributed by atoms with Gasteiger partial charge in [0.25, 0.3) is 0 Å². The van der Waals surface area contributed by atoms with Crippen molar-refractivity contribution < 1.29 is 28.6 Å². The number of amides is 2. The van der Waals surface area contributed by atoms with Crippen LogP contribution in [0, 0.1) is 5.41 Å². The van der Waals surface area contributed by atoms with Gasteiger partial charge in [-0.05, 0) is 45.1 Å². The van der Waals surface area contributed by atoms with E-state index in [-0.39, 0.29) is 48.8 Å². The van der Waals surface area contributed by atoms with E-state index in [4.69, 9.17) is 14.2 Å². The maximum atomic E-state index is 13.5. The number of unbranched alkanes of at least 4 members (excludes halogenated alkanes) is 7. The molecule has 8 heteroatoms. The molecule has 2 amide bonds. The van der Waals surface area contributed by atoms with Crippen molar-refractivity contribution in [1.29, 1.82) is 0 Å². The molecule has 0 spiro atoms. The first-order valence-corrected chi connectivity index (χ1v) is 17.1. The lowest BCUT2D eigenvalue weighted by Crippen LogP contribution is -2.56. The second-order valence-corrected chi connectivity index (χ2v) is 13.9. The summed E-state index contributed by atoms with van der Waals surface area (Å²) in [5.74, 6) is -1.53. The monoisotopic (exact) mass is 614 g/mol. The van der Waals surface area contributed by atoms with Gasteiger partial charge in [0.15, 0.2) is 5.79 Å². The molecule has 0 bridgehead atoms. The van der Waals surface area contributed by atoms with E-state index in [1.54, 1.807) is 13.8 Å². The number of benzene rings is 1. The van der Waals surface area contributed by atoms with Crippen molar-refractivity contribution in [3.63, 3.8) is 0 Å². The summed E-state index contributed by atoms with van der Waals surface area (Å²) < 4.78 is 17.4. The number of nitrogens with one attached hydrogen (secondary N) is 2. The van der Waals surface area contributed by atoms with Crippen LogP contribution in [0.3, 0.4) is 0 Å². The number of carbonyl (C=O) groups excluding carboxylic acids is 3. The lowest BCUT2D eigenvalue weighted by Gasteiger charge is -2.44. The Balaban J connectivity index is 1.42. The molecule has 2 aliphatic rings. The highest BCUT2D eigenvalue weighted by Crippen LogP contribution is 2.35. The van der Waals surface area contributed by atoms with Crippen LogP contribution >= 0.6 is 0 Å². The fourth-order valence-corrected chi connectivity index (χ4v) is 6.25. The number of esters is 1. The summed E-state index contributed by atoms with van der Waals surface area (Å²) in [5, 5.41) is 6.13. The maximum Gasteiger partial charge on any atom is 0.307 e. The molecule has 1 aliphatic heterocycles. The minimum absolute atomic E-state index is 0.0187. The van der Waals surface area contributed by atoms with Crippen molar-refractivity contribution in [1.82, 2.24) is 10.6 Å². The average molecular weight is 615 g/mol. The van der Waals surface area contributed by atoms with Gasteiger partial charge in [-0.2, -0.15) is 0 Å². The Morgan fingerprint density at radius 1 is 0.955 bits per heavy atom. The highest BCUT2D eigenvalue weighted by molar-refractivity contribution is 5.84. The first kappa shape index (κ1) is 36.0. The van der Waals surface area contributed by atoms with Gasteiger partial charge in [0.1, 0.15) is 12.2 Å². The summed E-state index contributed by atoms with van der Waals surface area (Å²) in [6, 6.07) is 10.1. The van der Waals surface area contributed by atoms with E-state index in [0.29, 0.717) is 13.0 Å². The van der Waals surface area contributed by atoms with Gasteiger partial charge in [-0.1, -0.05) is 102 Å². The summed E-state index contributed by atoms with van der Waals surface area (Å²) >= 11 is 0. The minimum Gasteiger partial charge on any atom is -0.462 e. The van der Waals surface area contributed by atoms with Crippen LogP contribution in [-0.2, 0) is 28.6 Å². The molecule has 1 heterocycles. The topological polar surface area (TPSA) is 103 Å². The Morgan fingerprint density at radius 2 is 1.64 bits per heavy atom. The van der Waals surface area contributed by atoms with Crippen LogP contribution in [-0.4, -0.2) is 55.0 Å². The molecule has 1 saturated heterocycles. The molecule has 1 aromatic carbocycles. The maximum absolute atomic E-state index is 13.5. The first-order chi connectivity index (χ1) is 21.0. The molecule has 248 valence electrons. The molecule has 44 heavy (non-hydrogen) atoms. The zero-order valence-electron chi connectivity index (χ0n) is 28.0. The van der Waals surface area contributed by atoms with E-state index in [9.17, 15) is 14.4 Å². The highest BCUT2D eigenvalue weighted by atomic mass is 16.7. The number of rotatable bonds is 17. The summed E-state index contributed by atoms with van der Waals surface area (Å²) in [5.41, 5.74) is 0.585. The third-order valence-electron chi connectivity index (χ3n) is 8.91. The number of carbonyl (C=O) groups is 3. The predicted molar refractivity (Wildman–Crippen MR) is 173 cm³/mol. The fourth-order valence-electron chi connectivity index (χ4n) is 6.25. The molecule has 2 fully saturated rings. The molecule has 0 aromatic heterocycles. The Kier molecular flexibility index (Phi) is 14.6. The molecular weight excluding hydrogens is 556 g/mol. The van der Waals surface area contributed by atoms with E-state index in [2.05, 4.69) is 29.7 Å². The van der Waals surface area contributed by atoms with Gasteiger partial charge in [0.2, 0.25) is 11.8 Å². The van der Waals surface area contributed by atoms with Crippen LogP contribution in [0.15, 0.2) is 30.3 Å². The van der Waals surface area contributed by atoms with Crippen molar-refractivity contribution >= 4 is 17.8 Å². The van der Waals surface area contributed by atoms with E-state index in [1.165, 1.54) is 38.5 Å². The first-order valence-electron chi connectivity index (χ1n) is 17.1. The van der Waals surface area contributed by atoms with Gasteiger partial charge in [-0.25, -0.2) is 0 Å². The number of hydrogen-bond donors (Lipinski definition) is 2. The summed E-state index contributed by atoms with van der Waals surface area (Å²) in [6.07, 6.45) is 13.1. The fraction of sp³-hybridized carbons (Fsp3) is 0.750. The van der Waals surface area contributed by atoms with Crippen molar-refractivity contribution in [3.05, 3.63) is 35.9 Å². The summed E-state index contributed by atoms with van der Waals surface area (Å²) in [6.45, 7) is 10.3. The summed E-state index contributed by atoms with van der Waals surface area (Å²) in [4.78, 5) is 39.0. The summed E-state index contributed by atoms with van der Waals surface area (Å²) in [7, 11) is 0. The van der Waals surface area contributed by atoms with E-state index in [0.717, 1.165) is 44.1 Å². The van der Waals surface area contributed by atoms with Crippen LogP contribution in [0.5, 0.6) is 0 Å². The number of ether oxygens (including phenoxy) is 3. The Hall–Kier alpha value is -2.45. The zero-order chi connectivity index (χ0) is 32.0. The second kappa shape index (κ2) is 17.9. The third-order valence-corrected chi connectivity index (χ3v) is 8.91. The number of hydrogen-bond acceptors (Lipinski definition) is 6. The molecule has 4 unspecified atom stereocenters. The van der Waals surface area contributed by atoms with Crippen molar-refractivity contribution in [2.24, 2.45) is 5.41 Å². The SMILES string of the molecule is CCCCCCCCCCC(C(=O)NC1CCCC(OC(=O)CCNC(=O)C2OC(C)(C)OCC2(C)C)C1)c1ccccc1.